The van der Waals surface area contributed by atoms with E-state index in [1.54, 1.807) is 0 Å². The quantitative estimate of drug-likeness (QED) is 0.571. The fourth-order valence-corrected chi connectivity index (χ4v) is 4.01. The molecule has 0 radical (unpaired) electrons. The highest BCUT2D eigenvalue weighted by molar-refractivity contribution is 5.59. The van der Waals surface area contributed by atoms with Gasteiger partial charge in [0.15, 0.2) is 0 Å². The molecule has 1 aromatic heterocycles. The first-order valence-corrected chi connectivity index (χ1v) is 9.85. The molecule has 2 aromatic rings. The highest BCUT2D eigenvalue weighted by atomic mass is 14.7. The van der Waals surface area contributed by atoms with Gasteiger partial charge < -0.3 is 0 Å². The molecule has 0 N–H and O–H groups in total. The minimum Gasteiger partial charge on any atom is -0.256 e. The molecule has 128 valence electrons. The number of pyridine rings is 1. The van der Waals surface area contributed by atoms with Crippen molar-refractivity contribution in [1.82, 2.24) is 4.98 Å². The maximum absolute atomic E-state index is 4.75. The lowest BCUT2D eigenvalue weighted by Crippen LogP contribution is -2.13. The molecule has 1 heterocycles. The summed E-state index contributed by atoms with van der Waals surface area (Å²) in [7, 11) is 0. The second-order valence-electron chi connectivity index (χ2n) is 7.39. The third kappa shape index (κ3) is 4.26. The van der Waals surface area contributed by atoms with Crippen LogP contribution in [0.3, 0.4) is 0 Å². The molecule has 1 saturated carbocycles. The number of aryl methyl sites for hydroxylation is 1. The van der Waals surface area contributed by atoms with Crippen LogP contribution in [0.4, 0.5) is 0 Å². The van der Waals surface area contributed by atoms with E-state index in [-0.39, 0.29) is 0 Å². The fourth-order valence-electron chi connectivity index (χ4n) is 4.01. The lowest BCUT2D eigenvalue weighted by Gasteiger charge is -2.28. The first kappa shape index (κ1) is 17.2. The zero-order valence-corrected chi connectivity index (χ0v) is 15.3. The second kappa shape index (κ2) is 8.46. The van der Waals surface area contributed by atoms with Gasteiger partial charge >= 0.3 is 0 Å². The molecule has 3 rings (SSSR count). The first-order chi connectivity index (χ1) is 11.8. The van der Waals surface area contributed by atoms with Crippen LogP contribution >= 0.6 is 0 Å². The Morgan fingerprint density at radius 1 is 0.917 bits per heavy atom. The number of aromatic nitrogens is 1. The van der Waals surface area contributed by atoms with E-state index in [1.807, 2.05) is 0 Å². The predicted octanol–water partition coefficient (Wildman–Crippen LogP) is 6.78. The minimum atomic E-state index is 0.729. The summed E-state index contributed by atoms with van der Waals surface area (Å²) in [5.74, 6) is 1.71. The largest absolute Gasteiger partial charge is 0.256 e. The fraction of sp³-hybridized carbons (Fsp3) is 0.522. The van der Waals surface area contributed by atoms with E-state index in [2.05, 4.69) is 56.4 Å². The molecule has 1 heteroatoms. The Morgan fingerprint density at radius 3 is 2.25 bits per heavy atom. The molecule has 1 aromatic carbocycles. The summed E-state index contributed by atoms with van der Waals surface area (Å²) in [5, 5.41) is 0. The number of unbranched alkanes of at least 4 members (excludes halogenated alkanes) is 1. The molecule has 1 fully saturated rings. The van der Waals surface area contributed by atoms with Crippen molar-refractivity contribution in [3.05, 3.63) is 53.7 Å². The Morgan fingerprint density at radius 2 is 1.67 bits per heavy atom. The van der Waals surface area contributed by atoms with Crippen LogP contribution in [-0.2, 0) is 6.42 Å². The van der Waals surface area contributed by atoms with Gasteiger partial charge in [-0.1, -0.05) is 63.4 Å². The minimum absolute atomic E-state index is 0.729. The number of hydrogen-bond acceptors (Lipinski definition) is 1. The van der Waals surface area contributed by atoms with Gasteiger partial charge in [0.25, 0.3) is 0 Å². The standard InChI is InChI=1S/C23H31N/c1-3-5-6-19-9-11-20(12-10-19)22-15-16-23(24-17-22)21-13-7-18(4-2)8-14-21/h7-8,13-17,19-20H,3-6,9-12H2,1-2H3/t19-,20-. The van der Waals surface area contributed by atoms with Gasteiger partial charge in [-0.15, -0.1) is 0 Å². The molecule has 0 amide bonds. The van der Waals surface area contributed by atoms with Crippen LogP contribution in [0.25, 0.3) is 11.3 Å². The Balaban J connectivity index is 1.60. The number of benzene rings is 1. The summed E-state index contributed by atoms with van der Waals surface area (Å²) in [4.78, 5) is 4.75. The molecular formula is C23H31N. The van der Waals surface area contributed by atoms with Gasteiger partial charge in [-0.3, -0.25) is 4.98 Å². The van der Waals surface area contributed by atoms with Gasteiger partial charge in [0.2, 0.25) is 0 Å². The third-order valence-corrected chi connectivity index (χ3v) is 5.73. The maximum atomic E-state index is 4.75. The van der Waals surface area contributed by atoms with Crippen LogP contribution < -0.4 is 0 Å². The smallest absolute Gasteiger partial charge is 0.0702 e. The molecule has 0 atom stereocenters. The number of nitrogens with zero attached hydrogens (tertiary/aromatic N) is 1. The average Bonchev–Trinajstić information content (AvgIpc) is 2.67. The van der Waals surface area contributed by atoms with Crippen molar-refractivity contribution in [2.24, 2.45) is 5.92 Å². The van der Waals surface area contributed by atoms with Crippen molar-refractivity contribution in [3.63, 3.8) is 0 Å². The van der Waals surface area contributed by atoms with E-state index in [0.717, 1.165) is 24.0 Å². The van der Waals surface area contributed by atoms with Crippen LogP contribution in [0.1, 0.15) is 75.8 Å². The van der Waals surface area contributed by atoms with Crippen molar-refractivity contribution in [1.29, 1.82) is 0 Å². The zero-order valence-electron chi connectivity index (χ0n) is 15.3. The Labute approximate surface area is 147 Å². The molecular weight excluding hydrogens is 290 g/mol. The topological polar surface area (TPSA) is 12.9 Å². The van der Waals surface area contributed by atoms with Crippen LogP contribution in [0.5, 0.6) is 0 Å². The normalized spacial score (nSPS) is 20.9. The van der Waals surface area contributed by atoms with Crippen molar-refractivity contribution >= 4 is 0 Å². The van der Waals surface area contributed by atoms with Crippen LogP contribution in [0.2, 0.25) is 0 Å². The summed E-state index contributed by atoms with van der Waals surface area (Å²) in [6.07, 6.45) is 12.9. The third-order valence-electron chi connectivity index (χ3n) is 5.73. The SMILES string of the molecule is CCCC[C@H]1CC[C@H](c2ccc(-c3ccc(CC)cc3)nc2)CC1. The maximum Gasteiger partial charge on any atom is 0.0702 e. The molecule has 0 bridgehead atoms. The van der Waals surface area contributed by atoms with Gasteiger partial charge in [-0.05, 0) is 61.1 Å². The highest BCUT2D eigenvalue weighted by Gasteiger charge is 2.22. The molecule has 0 saturated heterocycles. The summed E-state index contributed by atoms with van der Waals surface area (Å²) < 4.78 is 0. The van der Waals surface area contributed by atoms with Crippen LogP contribution in [0, 0.1) is 5.92 Å². The summed E-state index contributed by atoms with van der Waals surface area (Å²) in [6, 6.07) is 13.3. The van der Waals surface area contributed by atoms with Crippen molar-refractivity contribution in [2.45, 2.75) is 71.1 Å². The molecule has 0 aliphatic heterocycles. The van der Waals surface area contributed by atoms with Gasteiger partial charge in [-0.25, -0.2) is 0 Å². The molecule has 1 aliphatic carbocycles. The van der Waals surface area contributed by atoms with Crippen LogP contribution in [-0.4, -0.2) is 4.98 Å². The van der Waals surface area contributed by atoms with E-state index in [9.17, 15) is 0 Å². The number of hydrogen-bond donors (Lipinski definition) is 0. The van der Waals surface area contributed by atoms with Crippen molar-refractivity contribution in [3.8, 4) is 11.3 Å². The number of rotatable bonds is 6. The van der Waals surface area contributed by atoms with Gasteiger partial charge in [-0.2, -0.15) is 0 Å². The van der Waals surface area contributed by atoms with E-state index in [4.69, 9.17) is 4.98 Å². The summed E-state index contributed by atoms with van der Waals surface area (Å²) >= 11 is 0. The predicted molar refractivity (Wildman–Crippen MR) is 103 cm³/mol. The highest BCUT2D eigenvalue weighted by Crippen LogP contribution is 2.37. The van der Waals surface area contributed by atoms with Gasteiger partial charge in [0.1, 0.15) is 0 Å². The van der Waals surface area contributed by atoms with Gasteiger partial charge in [0, 0.05) is 11.8 Å². The Hall–Kier alpha value is -1.63. The lowest BCUT2D eigenvalue weighted by atomic mass is 9.77. The van der Waals surface area contributed by atoms with Crippen LogP contribution in [0.15, 0.2) is 42.6 Å². The van der Waals surface area contributed by atoms with E-state index in [1.165, 1.54) is 61.6 Å². The molecule has 0 unspecified atom stereocenters. The molecule has 1 aliphatic rings. The van der Waals surface area contributed by atoms with Gasteiger partial charge in [0.05, 0.1) is 5.69 Å². The second-order valence-corrected chi connectivity index (χ2v) is 7.39. The molecule has 0 spiro atoms. The summed E-state index contributed by atoms with van der Waals surface area (Å²) in [5.41, 5.74) is 5.15. The summed E-state index contributed by atoms with van der Waals surface area (Å²) in [6.45, 7) is 4.49. The molecule has 24 heavy (non-hydrogen) atoms. The zero-order chi connectivity index (χ0) is 16.8. The first-order valence-electron chi connectivity index (χ1n) is 9.85. The lowest BCUT2D eigenvalue weighted by molar-refractivity contribution is 0.304. The Bertz CT molecular complexity index is 603. The van der Waals surface area contributed by atoms with E-state index in [0.29, 0.717) is 0 Å². The van der Waals surface area contributed by atoms with E-state index < -0.39 is 0 Å². The van der Waals surface area contributed by atoms with Crippen molar-refractivity contribution in [2.75, 3.05) is 0 Å². The average molecular weight is 322 g/mol. The molecule has 1 nitrogen and oxygen atoms in total. The van der Waals surface area contributed by atoms with E-state index >= 15 is 0 Å². The van der Waals surface area contributed by atoms with Crippen molar-refractivity contribution < 1.29 is 0 Å². The Kier molecular flexibility index (Phi) is 6.07. The monoisotopic (exact) mass is 321 g/mol.